The van der Waals surface area contributed by atoms with Gasteiger partial charge in [0.2, 0.25) is 5.91 Å². The van der Waals surface area contributed by atoms with Gasteiger partial charge < -0.3 is 10.1 Å². The molecule has 1 aliphatic heterocycles. The zero-order valence-corrected chi connectivity index (χ0v) is 10.7. The standard InChI is InChI=1S/C14H17NO3/c1-3-13(16)15-11-6-7-18-12-5-4-9(2)8-10(12)14(11)17/h4-5,8,11H,3,6-7H2,1-2H3,(H,15,16). The number of Topliss-reactive ketones (excluding diaryl/α,β-unsaturated/α-hetero) is 1. The van der Waals surface area contributed by atoms with Crippen molar-refractivity contribution in [3.63, 3.8) is 0 Å². The molecule has 4 heteroatoms. The van der Waals surface area contributed by atoms with Crippen LogP contribution in [-0.2, 0) is 4.79 Å². The summed E-state index contributed by atoms with van der Waals surface area (Å²) < 4.78 is 5.55. The first-order valence-electron chi connectivity index (χ1n) is 6.19. The number of carbonyl (C=O) groups is 2. The summed E-state index contributed by atoms with van der Waals surface area (Å²) in [6.07, 6.45) is 0.892. The normalized spacial score (nSPS) is 18.6. The first-order chi connectivity index (χ1) is 8.61. The second-order valence-corrected chi connectivity index (χ2v) is 4.47. The van der Waals surface area contributed by atoms with Crippen molar-refractivity contribution in [2.24, 2.45) is 0 Å². The van der Waals surface area contributed by atoms with Gasteiger partial charge in [-0.2, -0.15) is 0 Å². The summed E-state index contributed by atoms with van der Waals surface area (Å²) in [7, 11) is 0. The number of hydrogen-bond donors (Lipinski definition) is 1. The van der Waals surface area contributed by atoms with Gasteiger partial charge in [0, 0.05) is 12.8 Å². The van der Waals surface area contributed by atoms with Gasteiger partial charge in [0.1, 0.15) is 5.75 Å². The summed E-state index contributed by atoms with van der Waals surface area (Å²) >= 11 is 0. The highest BCUT2D eigenvalue weighted by Crippen LogP contribution is 2.25. The molecule has 1 atom stereocenters. The second kappa shape index (κ2) is 5.21. The van der Waals surface area contributed by atoms with Gasteiger partial charge in [-0.1, -0.05) is 18.6 Å². The Kier molecular flexibility index (Phi) is 3.65. The van der Waals surface area contributed by atoms with Crippen LogP contribution in [0.1, 0.15) is 35.7 Å². The smallest absolute Gasteiger partial charge is 0.220 e. The zero-order chi connectivity index (χ0) is 13.1. The van der Waals surface area contributed by atoms with Crippen LogP contribution in [-0.4, -0.2) is 24.3 Å². The lowest BCUT2D eigenvalue weighted by Gasteiger charge is -2.14. The maximum absolute atomic E-state index is 12.3. The van der Waals surface area contributed by atoms with Crippen molar-refractivity contribution >= 4 is 11.7 Å². The van der Waals surface area contributed by atoms with E-state index < -0.39 is 6.04 Å². The quantitative estimate of drug-likeness (QED) is 0.867. The van der Waals surface area contributed by atoms with Crippen molar-refractivity contribution in [2.75, 3.05) is 6.61 Å². The molecule has 0 saturated carbocycles. The van der Waals surface area contributed by atoms with Gasteiger partial charge >= 0.3 is 0 Å². The van der Waals surface area contributed by atoms with Crippen molar-refractivity contribution in [3.8, 4) is 5.75 Å². The minimum absolute atomic E-state index is 0.0620. The third-order valence-corrected chi connectivity index (χ3v) is 3.04. The van der Waals surface area contributed by atoms with Crippen molar-refractivity contribution in [3.05, 3.63) is 29.3 Å². The number of ketones is 1. The van der Waals surface area contributed by atoms with Crippen LogP contribution in [0.3, 0.4) is 0 Å². The van der Waals surface area contributed by atoms with Gasteiger partial charge in [0.05, 0.1) is 18.2 Å². The number of carbonyl (C=O) groups excluding carboxylic acids is 2. The second-order valence-electron chi connectivity index (χ2n) is 4.47. The maximum atomic E-state index is 12.3. The van der Waals surface area contributed by atoms with E-state index in [1.54, 1.807) is 6.92 Å². The molecule has 1 aliphatic rings. The van der Waals surface area contributed by atoms with Crippen molar-refractivity contribution in [1.82, 2.24) is 5.32 Å². The number of aryl methyl sites for hydroxylation is 1. The molecule has 0 radical (unpaired) electrons. The average Bonchev–Trinajstić information content (AvgIpc) is 2.51. The van der Waals surface area contributed by atoms with Gasteiger partial charge in [-0.3, -0.25) is 9.59 Å². The Balaban J connectivity index is 2.28. The molecule has 4 nitrogen and oxygen atoms in total. The van der Waals surface area contributed by atoms with Crippen molar-refractivity contribution in [2.45, 2.75) is 32.7 Å². The van der Waals surface area contributed by atoms with Gasteiger partial charge in [0.15, 0.2) is 5.78 Å². The predicted molar refractivity (Wildman–Crippen MR) is 67.8 cm³/mol. The van der Waals surface area contributed by atoms with Crippen LogP contribution in [0.25, 0.3) is 0 Å². The summed E-state index contributed by atoms with van der Waals surface area (Å²) in [5, 5.41) is 2.75. The molecule has 96 valence electrons. The van der Waals surface area contributed by atoms with E-state index in [4.69, 9.17) is 4.74 Å². The number of ether oxygens (including phenoxy) is 1. The highest BCUT2D eigenvalue weighted by molar-refractivity contribution is 6.04. The van der Waals surface area contributed by atoms with Crippen LogP contribution in [0.2, 0.25) is 0 Å². The SMILES string of the molecule is CCC(=O)NC1CCOc2ccc(C)cc2C1=O. The predicted octanol–water partition coefficient (Wildman–Crippen LogP) is 1.86. The van der Waals surface area contributed by atoms with Crippen LogP contribution in [0, 0.1) is 6.92 Å². The first kappa shape index (κ1) is 12.6. The monoisotopic (exact) mass is 247 g/mol. The molecule has 0 saturated heterocycles. The Labute approximate surface area is 106 Å². The van der Waals surface area contributed by atoms with Crippen LogP contribution >= 0.6 is 0 Å². The highest BCUT2D eigenvalue weighted by atomic mass is 16.5. The Morgan fingerprint density at radius 1 is 1.50 bits per heavy atom. The number of hydrogen-bond acceptors (Lipinski definition) is 3. The fourth-order valence-corrected chi connectivity index (χ4v) is 2.00. The molecule has 1 heterocycles. The fourth-order valence-electron chi connectivity index (χ4n) is 2.00. The molecule has 2 rings (SSSR count). The molecule has 1 amide bonds. The molecule has 0 aliphatic carbocycles. The maximum Gasteiger partial charge on any atom is 0.220 e. The number of amides is 1. The molecular formula is C14H17NO3. The lowest BCUT2D eigenvalue weighted by Crippen LogP contribution is -2.40. The van der Waals surface area contributed by atoms with E-state index in [9.17, 15) is 9.59 Å². The number of rotatable bonds is 2. The van der Waals surface area contributed by atoms with E-state index in [1.165, 1.54) is 0 Å². The molecule has 0 aromatic heterocycles. The Hall–Kier alpha value is -1.84. The van der Waals surface area contributed by atoms with Crippen molar-refractivity contribution < 1.29 is 14.3 Å². The van der Waals surface area contributed by atoms with E-state index in [0.29, 0.717) is 30.8 Å². The zero-order valence-electron chi connectivity index (χ0n) is 10.7. The van der Waals surface area contributed by atoms with E-state index in [2.05, 4.69) is 5.32 Å². The molecule has 0 spiro atoms. The average molecular weight is 247 g/mol. The molecule has 1 aromatic carbocycles. The number of fused-ring (bicyclic) bond motifs is 1. The summed E-state index contributed by atoms with van der Waals surface area (Å²) in [5.74, 6) is 0.441. The lowest BCUT2D eigenvalue weighted by molar-refractivity contribution is -0.121. The van der Waals surface area contributed by atoms with E-state index in [1.807, 2.05) is 25.1 Å². The molecule has 0 fully saturated rings. The highest BCUT2D eigenvalue weighted by Gasteiger charge is 2.27. The summed E-state index contributed by atoms with van der Waals surface area (Å²) in [4.78, 5) is 23.8. The van der Waals surface area contributed by atoms with Gasteiger partial charge in [-0.05, 0) is 19.1 Å². The fraction of sp³-hybridized carbons (Fsp3) is 0.429. The van der Waals surface area contributed by atoms with E-state index in [-0.39, 0.29) is 11.7 Å². The summed E-state index contributed by atoms with van der Waals surface area (Å²) in [6.45, 7) is 4.14. The minimum atomic E-state index is -0.472. The third kappa shape index (κ3) is 2.53. The van der Waals surface area contributed by atoms with Crippen LogP contribution in [0.5, 0.6) is 5.75 Å². The molecule has 0 bridgehead atoms. The number of benzene rings is 1. The van der Waals surface area contributed by atoms with Crippen molar-refractivity contribution in [1.29, 1.82) is 0 Å². The van der Waals surface area contributed by atoms with Crippen LogP contribution in [0.4, 0.5) is 0 Å². The van der Waals surface area contributed by atoms with E-state index in [0.717, 1.165) is 5.56 Å². The molecule has 1 N–H and O–H groups in total. The minimum Gasteiger partial charge on any atom is -0.493 e. The van der Waals surface area contributed by atoms with Gasteiger partial charge in [-0.15, -0.1) is 0 Å². The Morgan fingerprint density at radius 3 is 3.00 bits per heavy atom. The Bertz CT molecular complexity index is 482. The molecule has 1 unspecified atom stereocenters. The molecular weight excluding hydrogens is 230 g/mol. The summed E-state index contributed by atoms with van der Waals surface area (Å²) in [6, 6.07) is 5.07. The molecule has 1 aromatic rings. The van der Waals surface area contributed by atoms with Gasteiger partial charge in [-0.25, -0.2) is 0 Å². The van der Waals surface area contributed by atoms with Crippen LogP contribution < -0.4 is 10.1 Å². The summed E-state index contributed by atoms with van der Waals surface area (Å²) in [5.41, 5.74) is 1.57. The number of nitrogens with one attached hydrogen (secondary N) is 1. The largest absolute Gasteiger partial charge is 0.493 e. The van der Waals surface area contributed by atoms with Gasteiger partial charge in [0.25, 0.3) is 0 Å². The van der Waals surface area contributed by atoms with E-state index >= 15 is 0 Å². The van der Waals surface area contributed by atoms with Crippen LogP contribution in [0.15, 0.2) is 18.2 Å². The third-order valence-electron chi connectivity index (χ3n) is 3.04. The topological polar surface area (TPSA) is 55.4 Å². The molecule has 18 heavy (non-hydrogen) atoms. The lowest BCUT2D eigenvalue weighted by atomic mass is 10.0. The Morgan fingerprint density at radius 2 is 2.28 bits per heavy atom. The first-order valence-corrected chi connectivity index (χ1v) is 6.19.